The van der Waals surface area contributed by atoms with Crippen molar-refractivity contribution in [3.05, 3.63) is 23.8 Å². The summed E-state index contributed by atoms with van der Waals surface area (Å²) in [5.41, 5.74) is 7.82. The zero-order chi connectivity index (χ0) is 22.3. The van der Waals surface area contributed by atoms with E-state index in [1.54, 1.807) is 7.11 Å². The third-order valence-corrected chi connectivity index (χ3v) is 6.08. The molecule has 0 saturated carbocycles. The summed E-state index contributed by atoms with van der Waals surface area (Å²) in [5.74, 6) is 0.275. The molecular weight excluding hydrogens is 378 g/mol. The van der Waals surface area contributed by atoms with Crippen LogP contribution in [0.4, 0.5) is 5.69 Å². The Labute approximate surface area is 181 Å². The number of nitrogens with zero attached hydrogens (tertiary/aromatic N) is 1. The Hall–Kier alpha value is -2.24. The smallest absolute Gasteiger partial charge is 0.226 e. The number of ether oxygens (including phenoxy) is 1. The minimum atomic E-state index is -0.374. The molecule has 0 radical (unpaired) electrons. The molecule has 6 heteroatoms. The first-order valence-corrected chi connectivity index (χ1v) is 11.3. The van der Waals surface area contributed by atoms with Crippen LogP contribution in [-0.2, 0) is 9.59 Å². The van der Waals surface area contributed by atoms with Gasteiger partial charge >= 0.3 is 0 Å². The molecule has 30 heavy (non-hydrogen) atoms. The Bertz CT molecular complexity index is 712. The lowest BCUT2D eigenvalue weighted by Crippen LogP contribution is -2.48. The van der Waals surface area contributed by atoms with E-state index in [9.17, 15) is 9.59 Å². The number of nitrogens with one attached hydrogen (secondary N) is 1. The molecule has 1 heterocycles. The molecule has 1 aromatic rings. The lowest BCUT2D eigenvalue weighted by Gasteiger charge is -2.37. The molecule has 2 atom stereocenters. The molecule has 0 aromatic heterocycles. The highest BCUT2D eigenvalue weighted by molar-refractivity contribution is 5.87. The van der Waals surface area contributed by atoms with E-state index in [2.05, 4.69) is 25.2 Å². The van der Waals surface area contributed by atoms with Crippen molar-refractivity contribution in [2.75, 3.05) is 25.5 Å². The molecule has 0 aliphatic carbocycles. The largest absolute Gasteiger partial charge is 0.496 e. The van der Waals surface area contributed by atoms with Crippen LogP contribution in [-0.4, -0.2) is 43.0 Å². The third-order valence-electron chi connectivity index (χ3n) is 6.08. The van der Waals surface area contributed by atoms with Gasteiger partial charge in [-0.05, 0) is 50.2 Å². The molecule has 0 spiro atoms. The van der Waals surface area contributed by atoms with Gasteiger partial charge < -0.3 is 20.7 Å². The molecule has 1 aliphatic heterocycles. The number of carbonyl (C=O) groups is 2. The molecule has 6 nitrogen and oxygen atoms in total. The number of piperidine rings is 1. The van der Waals surface area contributed by atoms with Crippen LogP contribution < -0.4 is 15.8 Å². The number of methoxy groups -OCH3 is 1. The summed E-state index contributed by atoms with van der Waals surface area (Å²) in [6.45, 7) is 9.65. The van der Waals surface area contributed by atoms with Gasteiger partial charge in [-0.15, -0.1) is 0 Å². The monoisotopic (exact) mass is 417 g/mol. The van der Waals surface area contributed by atoms with Gasteiger partial charge in [-0.3, -0.25) is 9.59 Å². The second-order valence-corrected chi connectivity index (χ2v) is 8.96. The Morgan fingerprint density at radius 3 is 2.43 bits per heavy atom. The number of nitrogens with two attached hydrogens (primary N) is 1. The van der Waals surface area contributed by atoms with Crippen molar-refractivity contribution in [3.63, 3.8) is 0 Å². The molecule has 2 rings (SSSR count). The van der Waals surface area contributed by atoms with Crippen LogP contribution in [0.25, 0.3) is 0 Å². The van der Waals surface area contributed by atoms with E-state index in [-0.39, 0.29) is 23.7 Å². The zero-order valence-corrected chi connectivity index (χ0v) is 19.2. The number of rotatable bonds is 10. The van der Waals surface area contributed by atoms with Crippen molar-refractivity contribution in [2.24, 2.45) is 23.5 Å². The predicted octanol–water partition coefficient (Wildman–Crippen LogP) is 3.97. The fourth-order valence-electron chi connectivity index (χ4n) is 4.42. The second kappa shape index (κ2) is 11.2. The number of likely N-dealkylation sites (tertiary alicyclic amines) is 1. The molecule has 3 N–H and O–H groups in total. The van der Waals surface area contributed by atoms with Gasteiger partial charge in [0.25, 0.3) is 0 Å². The van der Waals surface area contributed by atoms with Crippen LogP contribution >= 0.6 is 0 Å². The summed E-state index contributed by atoms with van der Waals surface area (Å²) >= 11 is 0. The fourth-order valence-corrected chi connectivity index (χ4v) is 4.42. The number of benzene rings is 1. The minimum Gasteiger partial charge on any atom is -0.496 e. The first-order valence-electron chi connectivity index (χ1n) is 11.3. The minimum absolute atomic E-state index is 0.0939. The predicted molar refractivity (Wildman–Crippen MR) is 121 cm³/mol. The maximum Gasteiger partial charge on any atom is 0.226 e. The summed E-state index contributed by atoms with van der Waals surface area (Å²) in [5, 5.41) is 3.57. The van der Waals surface area contributed by atoms with Crippen LogP contribution in [0.1, 0.15) is 58.4 Å². The number of aryl methyl sites for hydroxylation is 1. The number of anilines is 1. The number of hydrogen-bond donors (Lipinski definition) is 2. The topological polar surface area (TPSA) is 84.7 Å². The van der Waals surface area contributed by atoms with Gasteiger partial charge in [0.1, 0.15) is 5.75 Å². The van der Waals surface area contributed by atoms with Gasteiger partial charge in [0, 0.05) is 42.7 Å². The Morgan fingerprint density at radius 1 is 1.23 bits per heavy atom. The van der Waals surface area contributed by atoms with E-state index < -0.39 is 0 Å². The van der Waals surface area contributed by atoms with Crippen molar-refractivity contribution in [2.45, 2.75) is 65.8 Å². The van der Waals surface area contributed by atoms with Crippen molar-refractivity contribution < 1.29 is 14.3 Å². The molecule has 1 aromatic carbocycles. The molecule has 0 unspecified atom stereocenters. The Morgan fingerprint density at radius 2 is 1.90 bits per heavy atom. The van der Waals surface area contributed by atoms with Crippen LogP contribution in [0.15, 0.2) is 18.2 Å². The van der Waals surface area contributed by atoms with Gasteiger partial charge in [-0.25, -0.2) is 0 Å². The number of primary amides is 1. The van der Waals surface area contributed by atoms with Gasteiger partial charge in [-0.2, -0.15) is 0 Å². The summed E-state index contributed by atoms with van der Waals surface area (Å²) in [6.07, 6.45) is 3.98. The summed E-state index contributed by atoms with van der Waals surface area (Å²) < 4.78 is 5.41. The SMILES string of the molecule is CCC[C@H](C(N)=O)[C@@H](CC(C)C)C(=O)N1CCC(Nc2ccc(C)c(OC)c2)CC1. The van der Waals surface area contributed by atoms with Crippen LogP contribution in [0.5, 0.6) is 5.75 Å². The van der Waals surface area contributed by atoms with Gasteiger partial charge in [-0.1, -0.05) is 33.3 Å². The van der Waals surface area contributed by atoms with Gasteiger partial charge in [0.2, 0.25) is 11.8 Å². The number of amides is 2. The lowest BCUT2D eigenvalue weighted by atomic mass is 9.81. The highest BCUT2D eigenvalue weighted by Crippen LogP contribution is 2.29. The molecule has 1 fully saturated rings. The van der Waals surface area contributed by atoms with Crippen molar-refractivity contribution in [1.82, 2.24) is 4.90 Å². The van der Waals surface area contributed by atoms with E-state index in [0.29, 0.717) is 37.9 Å². The molecule has 2 amide bonds. The third kappa shape index (κ3) is 6.38. The Kier molecular flexibility index (Phi) is 9.00. The highest BCUT2D eigenvalue weighted by atomic mass is 16.5. The van der Waals surface area contributed by atoms with Crippen molar-refractivity contribution >= 4 is 17.5 Å². The Balaban J connectivity index is 2.00. The van der Waals surface area contributed by atoms with Gasteiger partial charge in [0.15, 0.2) is 0 Å². The quantitative estimate of drug-likeness (QED) is 0.603. The van der Waals surface area contributed by atoms with E-state index >= 15 is 0 Å². The number of carbonyl (C=O) groups excluding carboxylic acids is 2. The molecule has 0 bridgehead atoms. The van der Waals surface area contributed by atoms with Gasteiger partial charge in [0.05, 0.1) is 7.11 Å². The lowest BCUT2D eigenvalue weighted by molar-refractivity contribution is -0.143. The van der Waals surface area contributed by atoms with E-state index in [1.807, 2.05) is 30.9 Å². The van der Waals surface area contributed by atoms with Crippen molar-refractivity contribution in [1.29, 1.82) is 0 Å². The van der Waals surface area contributed by atoms with Crippen LogP contribution in [0.2, 0.25) is 0 Å². The maximum absolute atomic E-state index is 13.3. The molecule has 168 valence electrons. The molecular formula is C24H39N3O3. The first-order chi connectivity index (χ1) is 14.3. The van der Waals surface area contributed by atoms with Crippen LogP contribution in [0.3, 0.4) is 0 Å². The van der Waals surface area contributed by atoms with E-state index in [4.69, 9.17) is 10.5 Å². The summed E-state index contributed by atoms with van der Waals surface area (Å²) in [7, 11) is 1.68. The summed E-state index contributed by atoms with van der Waals surface area (Å²) in [6, 6.07) is 6.45. The first kappa shape index (κ1) is 24.0. The van der Waals surface area contributed by atoms with Crippen LogP contribution in [0, 0.1) is 24.7 Å². The molecule has 1 saturated heterocycles. The normalized spacial score (nSPS) is 16.9. The number of hydrogen-bond acceptors (Lipinski definition) is 4. The fraction of sp³-hybridized carbons (Fsp3) is 0.667. The average molecular weight is 418 g/mol. The van der Waals surface area contributed by atoms with Crippen molar-refractivity contribution in [3.8, 4) is 5.75 Å². The standard InChI is InChI=1S/C24H39N3O3/c1-6-7-20(23(25)28)21(14-16(2)3)24(29)27-12-10-18(11-13-27)26-19-9-8-17(4)22(15-19)30-5/h8-9,15-16,18,20-21,26H,6-7,10-14H2,1-5H3,(H2,25,28)/t20-,21+/m0/s1. The highest BCUT2D eigenvalue weighted by Gasteiger charge is 2.36. The average Bonchev–Trinajstić information content (AvgIpc) is 2.71. The summed E-state index contributed by atoms with van der Waals surface area (Å²) in [4.78, 5) is 27.3. The van der Waals surface area contributed by atoms with E-state index in [1.165, 1.54) is 0 Å². The molecule has 1 aliphatic rings. The second-order valence-electron chi connectivity index (χ2n) is 8.96. The van der Waals surface area contributed by atoms with E-state index in [0.717, 1.165) is 36.3 Å². The zero-order valence-electron chi connectivity index (χ0n) is 19.2. The maximum atomic E-state index is 13.3.